The van der Waals surface area contributed by atoms with Crippen LogP contribution in [0.5, 0.6) is 11.5 Å². The van der Waals surface area contributed by atoms with E-state index in [1.165, 1.54) is 13.3 Å². The Morgan fingerprint density at radius 2 is 2.25 bits per heavy atom. The minimum atomic E-state index is 0.0344. The highest BCUT2D eigenvalue weighted by molar-refractivity contribution is 7.80. The Morgan fingerprint density at radius 1 is 1.50 bits per heavy atom. The van der Waals surface area contributed by atoms with Crippen molar-refractivity contribution in [1.29, 1.82) is 0 Å². The maximum Gasteiger partial charge on any atom is 0.187 e. The van der Waals surface area contributed by atoms with Crippen molar-refractivity contribution in [3.63, 3.8) is 0 Å². The van der Waals surface area contributed by atoms with E-state index in [2.05, 4.69) is 15.8 Å². The zero-order chi connectivity index (χ0) is 15.0. The van der Waals surface area contributed by atoms with Gasteiger partial charge in [0.05, 0.1) is 19.9 Å². The van der Waals surface area contributed by atoms with Gasteiger partial charge in [0.1, 0.15) is 0 Å². The van der Waals surface area contributed by atoms with Gasteiger partial charge in [0.2, 0.25) is 0 Å². The lowest BCUT2D eigenvalue weighted by molar-refractivity contribution is 0.179. The molecule has 0 bridgehead atoms. The minimum Gasteiger partial charge on any atom is -0.504 e. The molecule has 1 aromatic rings. The maximum atomic E-state index is 9.86. The van der Waals surface area contributed by atoms with E-state index in [0.717, 1.165) is 0 Å². The normalized spacial score (nSPS) is 12.2. The first-order valence-corrected chi connectivity index (χ1v) is 6.43. The second-order valence-corrected chi connectivity index (χ2v) is 4.51. The van der Waals surface area contributed by atoms with E-state index in [4.69, 9.17) is 21.7 Å². The predicted molar refractivity (Wildman–Crippen MR) is 82.5 cm³/mol. The Hall–Kier alpha value is -1.86. The Balaban J connectivity index is 2.55. The number of ether oxygens (including phenoxy) is 2. The van der Waals surface area contributed by atoms with Crippen LogP contribution in [0.15, 0.2) is 23.3 Å². The fourth-order valence-electron chi connectivity index (χ4n) is 1.52. The van der Waals surface area contributed by atoms with E-state index in [-0.39, 0.29) is 11.8 Å². The topological polar surface area (TPSA) is 75.1 Å². The van der Waals surface area contributed by atoms with Crippen molar-refractivity contribution in [2.45, 2.75) is 13.0 Å². The Kier molecular flexibility index (Phi) is 6.75. The molecule has 7 heteroatoms. The van der Waals surface area contributed by atoms with Gasteiger partial charge in [-0.3, -0.25) is 5.43 Å². The summed E-state index contributed by atoms with van der Waals surface area (Å²) in [5.74, 6) is 0.426. The highest BCUT2D eigenvalue weighted by Gasteiger charge is 2.05. The van der Waals surface area contributed by atoms with Crippen LogP contribution in [0.3, 0.4) is 0 Å². The number of benzene rings is 1. The molecular weight excluding hydrogens is 278 g/mol. The van der Waals surface area contributed by atoms with Gasteiger partial charge < -0.3 is 19.9 Å². The maximum absolute atomic E-state index is 9.86. The number of hydrogen-bond acceptors (Lipinski definition) is 5. The Bertz CT molecular complexity index is 480. The second kappa shape index (κ2) is 8.34. The molecule has 0 aliphatic carbocycles. The number of rotatable bonds is 6. The molecule has 20 heavy (non-hydrogen) atoms. The number of hydrogen-bond donors (Lipinski definition) is 3. The lowest BCUT2D eigenvalue weighted by Gasteiger charge is -2.13. The van der Waals surface area contributed by atoms with Gasteiger partial charge in [0.15, 0.2) is 16.6 Å². The second-order valence-electron chi connectivity index (χ2n) is 4.10. The van der Waals surface area contributed by atoms with Gasteiger partial charge in [-0.15, -0.1) is 0 Å². The predicted octanol–water partition coefficient (Wildman–Crippen LogP) is 1.23. The van der Waals surface area contributed by atoms with Crippen LogP contribution in [0, 0.1) is 0 Å². The monoisotopic (exact) mass is 297 g/mol. The number of thiocarbonyl (C=S) groups is 1. The molecule has 1 atom stereocenters. The molecule has 0 aliphatic heterocycles. The smallest absolute Gasteiger partial charge is 0.187 e. The largest absolute Gasteiger partial charge is 0.504 e. The molecule has 0 aliphatic rings. The summed E-state index contributed by atoms with van der Waals surface area (Å²) in [4.78, 5) is 0. The fourth-order valence-corrected chi connectivity index (χ4v) is 1.77. The molecule has 0 unspecified atom stereocenters. The molecule has 0 amide bonds. The third-order valence-electron chi connectivity index (χ3n) is 2.41. The first kappa shape index (κ1) is 16.2. The van der Waals surface area contributed by atoms with Crippen molar-refractivity contribution in [3.05, 3.63) is 23.8 Å². The van der Waals surface area contributed by atoms with E-state index in [0.29, 0.717) is 23.0 Å². The molecule has 0 heterocycles. The van der Waals surface area contributed by atoms with Crippen LogP contribution < -0.4 is 15.5 Å². The van der Waals surface area contributed by atoms with E-state index >= 15 is 0 Å². The number of nitrogens with zero attached hydrogens (tertiary/aromatic N) is 1. The van der Waals surface area contributed by atoms with Crippen LogP contribution in [0.4, 0.5) is 0 Å². The summed E-state index contributed by atoms with van der Waals surface area (Å²) >= 11 is 5.06. The number of para-hydroxylation sites is 1. The van der Waals surface area contributed by atoms with Crippen LogP contribution in [0.25, 0.3) is 0 Å². The van der Waals surface area contributed by atoms with Crippen LogP contribution >= 0.6 is 12.2 Å². The van der Waals surface area contributed by atoms with Crippen molar-refractivity contribution in [2.75, 3.05) is 20.8 Å². The summed E-state index contributed by atoms with van der Waals surface area (Å²) < 4.78 is 9.99. The highest BCUT2D eigenvalue weighted by atomic mass is 32.1. The summed E-state index contributed by atoms with van der Waals surface area (Å²) in [5, 5.41) is 17.2. The van der Waals surface area contributed by atoms with E-state index in [1.54, 1.807) is 25.3 Å². The van der Waals surface area contributed by atoms with Crippen LogP contribution in [0.2, 0.25) is 0 Å². The van der Waals surface area contributed by atoms with E-state index in [1.807, 2.05) is 6.92 Å². The lowest BCUT2D eigenvalue weighted by atomic mass is 10.2. The average Bonchev–Trinajstić information content (AvgIpc) is 2.41. The molecule has 0 saturated carbocycles. The van der Waals surface area contributed by atoms with Crippen molar-refractivity contribution in [2.24, 2.45) is 5.10 Å². The summed E-state index contributed by atoms with van der Waals surface area (Å²) in [6, 6.07) is 5.23. The molecular formula is C13H19N3O3S. The minimum absolute atomic E-state index is 0.0344. The SMILES string of the molecule is COC[C@@H](C)NC(=S)N/N=C/c1cccc(OC)c1O. The van der Waals surface area contributed by atoms with Crippen LogP contribution in [-0.2, 0) is 4.74 Å². The molecule has 0 saturated heterocycles. The molecule has 110 valence electrons. The van der Waals surface area contributed by atoms with Crippen molar-refractivity contribution in [1.82, 2.24) is 10.7 Å². The third kappa shape index (κ3) is 5.02. The van der Waals surface area contributed by atoms with Gasteiger partial charge in [-0.25, -0.2) is 0 Å². The Morgan fingerprint density at radius 3 is 2.90 bits per heavy atom. The molecule has 0 aromatic heterocycles. The van der Waals surface area contributed by atoms with Crippen LogP contribution in [0.1, 0.15) is 12.5 Å². The van der Waals surface area contributed by atoms with Crippen LogP contribution in [-0.4, -0.2) is 43.3 Å². The summed E-state index contributed by atoms with van der Waals surface area (Å²) in [7, 11) is 3.11. The van der Waals surface area contributed by atoms with Gasteiger partial charge in [-0.05, 0) is 31.3 Å². The number of aromatic hydroxyl groups is 1. The average molecular weight is 297 g/mol. The summed E-state index contributed by atoms with van der Waals surface area (Å²) in [6.07, 6.45) is 1.47. The molecule has 1 rings (SSSR count). The molecule has 3 N–H and O–H groups in total. The van der Waals surface area contributed by atoms with Crippen molar-refractivity contribution >= 4 is 23.5 Å². The first-order valence-electron chi connectivity index (χ1n) is 6.03. The quantitative estimate of drug-likeness (QED) is 0.417. The van der Waals surface area contributed by atoms with E-state index < -0.39 is 0 Å². The highest BCUT2D eigenvalue weighted by Crippen LogP contribution is 2.27. The van der Waals surface area contributed by atoms with Gasteiger partial charge in [-0.1, -0.05) is 6.07 Å². The molecule has 0 radical (unpaired) electrons. The third-order valence-corrected chi connectivity index (χ3v) is 2.62. The van der Waals surface area contributed by atoms with E-state index in [9.17, 15) is 5.11 Å². The molecule has 6 nitrogen and oxygen atoms in total. The zero-order valence-corrected chi connectivity index (χ0v) is 12.5. The Labute approximate surface area is 123 Å². The number of phenols is 1. The van der Waals surface area contributed by atoms with Crippen molar-refractivity contribution in [3.8, 4) is 11.5 Å². The number of hydrazone groups is 1. The van der Waals surface area contributed by atoms with Gasteiger partial charge >= 0.3 is 0 Å². The lowest BCUT2D eigenvalue weighted by Crippen LogP contribution is -2.40. The van der Waals surface area contributed by atoms with Gasteiger partial charge in [0, 0.05) is 18.7 Å². The molecule has 0 fully saturated rings. The van der Waals surface area contributed by atoms with Crippen molar-refractivity contribution < 1.29 is 14.6 Å². The summed E-state index contributed by atoms with van der Waals surface area (Å²) in [5.41, 5.74) is 3.20. The number of phenolic OH excluding ortho intramolecular Hbond substituents is 1. The van der Waals surface area contributed by atoms with Gasteiger partial charge in [0.25, 0.3) is 0 Å². The molecule has 0 spiro atoms. The number of nitrogens with one attached hydrogen (secondary N) is 2. The zero-order valence-electron chi connectivity index (χ0n) is 11.7. The number of methoxy groups -OCH3 is 2. The standard InChI is InChI=1S/C13H19N3O3S/c1-9(8-18-2)15-13(20)16-14-7-10-5-4-6-11(19-3)12(10)17/h4-7,9,17H,8H2,1-3H3,(H2,15,16,20)/b14-7+/t9-/m1/s1. The fraction of sp³-hybridized carbons (Fsp3) is 0.385. The first-order chi connectivity index (χ1) is 9.58. The van der Waals surface area contributed by atoms with Gasteiger partial charge in [-0.2, -0.15) is 5.10 Å². The molecule has 1 aromatic carbocycles. The summed E-state index contributed by atoms with van der Waals surface area (Å²) in [6.45, 7) is 2.48.